The summed E-state index contributed by atoms with van der Waals surface area (Å²) in [4.78, 5) is 40.5. The molecule has 1 fully saturated rings. The van der Waals surface area contributed by atoms with Crippen molar-refractivity contribution >= 4 is 29.1 Å². The van der Waals surface area contributed by atoms with E-state index in [0.29, 0.717) is 11.1 Å². The summed E-state index contributed by atoms with van der Waals surface area (Å²) >= 11 is 1.53. The Kier molecular flexibility index (Phi) is 4.01. The monoisotopic (exact) mass is 342 g/mol. The van der Waals surface area contributed by atoms with Gasteiger partial charge in [-0.3, -0.25) is 14.5 Å². The molecule has 2 aromatic rings. The predicted octanol–water partition coefficient (Wildman–Crippen LogP) is 3.01. The van der Waals surface area contributed by atoms with Crippen molar-refractivity contribution in [2.45, 2.75) is 26.3 Å². The van der Waals surface area contributed by atoms with Crippen molar-refractivity contribution in [1.82, 2.24) is 10.2 Å². The van der Waals surface area contributed by atoms with Gasteiger partial charge in [-0.15, -0.1) is 11.3 Å². The number of carbonyl (C=O) groups excluding carboxylic acids is 3. The van der Waals surface area contributed by atoms with Crippen molar-refractivity contribution in [3.63, 3.8) is 0 Å². The lowest BCUT2D eigenvalue weighted by Gasteiger charge is -2.22. The van der Waals surface area contributed by atoms with Gasteiger partial charge < -0.3 is 5.32 Å². The van der Waals surface area contributed by atoms with Crippen molar-refractivity contribution in [3.8, 4) is 0 Å². The Hall–Kier alpha value is -2.47. The van der Waals surface area contributed by atoms with Gasteiger partial charge >= 0.3 is 6.03 Å². The molecule has 1 aromatic carbocycles. The van der Waals surface area contributed by atoms with Gasteiger partial charge in [0.05, 0.1) is 6.54 Å². The second-order valence-electron chi connectivity index (χ2n) is 6.06. The Bertz CT molecular complexity index is 828. The molecule has 1 N–H and O–H groups in total. The zero-order valence-corrected chi connectivity index (χ0v) is 14.6. The second-order valence-corrected chi connectivity index (χ2v) is 7.52. The predicted molar refractivity (Wildman–Crippen MR) is 92.2 cm³/mol. The molecule has 1 atom stereocenters. The number of Topliss-reactive ketones (excluding diaryl/α,β-unsaturated/α-hetero) is 1. The van der Waals surface area contributed by atoms with Crippen LogP contribution in [0.25, 0.3) is 0 Å². The number of rotatable bonds is 4. The molecular weight excluding hydrogens is 324 g/mol. The van der Waals surface area contributed by atoms with Crippen molar-refractivity contribution in [1.29, 1.82) is 0 Å². The summed E-state index contributed by atoms with van der Waals surface area (Å²) < 4.78 is 0. The maximum Gasteiger partial charge on any atom is 0.325 e. The largest absolute Gasteiger partial charge is 0.325 e. The third-order valence-corrected chi connectivity index (χ3v) is 5.24. The minimum atomic E-state index is -1.14. The number of ketones is 1. The van der Waals surface area contributed by atoms with Crippen LogP contribution < -0.4 is 5.32 Å². The van der Waals surface area contributed by atoms with Crippen LogP contribution in [0, 0.1) is 13.8 Å². The first-order valence-corrected chi connectivity index (χ1v) is 8.44. The van der Waals surface area contributed by atoms with Gasteiger partial charge in [0, 0.05) is 15.3 Å². The molecule has 6 heteroatoms. The highest BCUT2D eigenvalue weighted by Gasteiger charge is 2.49. The van der Waals surface area contributed by atoms with Gasteiger partial charge in [0.15, 0.2) is 5.78 Å². The Labute approximate surface area is 144 Å². The number of imide groups is 1. The molecule has 24 heavy (non-hydrogen) atoms. The summed E-state index contributed by atoms with van der Waals surface area (Å²) in [6, 6.07) is 10.3. The molecular formula is C18H18N2O3S. The molecule has 3 rings (SSSR count). The molecule has 0 aliphatic carbocycles. The van der Waals surface area contributed by atoms with Crippen molar-refractivity contribution in [3.05, 3.63) is 57.3 Å². The smallest absolute Gasteiger partial charge is 0.319 e. The summed E-state index contributed by atoms with van der Waals surface area (Å²) in [5.74, 6) is -0.630. The molecule has 0 spiro atoms. The Morgan fingerprint density at radius 2 is 1.88 bits per heavy atom. The Morgan fingerprint density at radius 1 is 1.21 bits per heavy atom. The summed E-state index contributed by atoms with van der Waals surface area (Å²) in [5.41, 5.74) is 0.130. The number of aryl methyl sites for hydroxylation is 2. The van der Waals surface area contributed by atoms with Crippen LogP contribution in [0.15, 0.2) is 36.4 Å². The van der Waals surface area contributed by atoms with E-state index in [9.17, 15) is 14.4 Å². The topological polar surface area (TPSA) is 66.5 Å². The SMILES string of the molecule is Cc1cc(C(=O)CN2C(=O)N[C@](C)(c3ccccc3)C2=O)c(C)s1. The van der Waals surface area contributed by atoms with Crippen LogP contribution in [0.4, 0.5) is 4.79 Å². The Morgan fingerprint density at radius 3 is 2.46 bits per heavy atom. The molecule has 0 radical (unpaired) electrons. The van der Waals surface area contributed by atoms with Crippen molar-refractivity contribution in [2.24, 2.45) is 0 Å². The lowest BCUT2D eigenvalue weighted by Crippen LogP contribution is -2.41. The van der Waals surface area contributed by atoms with Gasteiger partial charge in [0.2, 0.25) is 0 Å². The zero-order chi connectivity index (χ0) is 17.5. The molecule has 0 bridgehead atoms. The second kappa shape index (κ2) is 5.87. The number of hydrogen-bond acceptors (Lipinski definition) is 4. The first-order valence-electron chi connectivity index (χ1n) is 7.63. The average molecular weight is 342 g/mol. The highest BCUT2D eigenvalue weighted by molar-refractivity contribution is 7.12. The number of benzene rings is 1. The van der Waals surface area contributed by atoms with Crippen LogP contribution in [0.2, 0.25) is 0 Å². The van der Waals surface area contributed by atoms with Crippen LogP contribution in [0.3, 0.4) is 0 Å². The summed E-state index contributed by atoms with van der Waals surface area (Å²) in [7, 11) is 0. The fraction of sp³-hybridized carbons (Fsp3) is 0.278. The molecule has 2 heterocycles. The highest BCUT2D eigenvalue weighted by Crippen LogP contribution is 2.29. The van der Waals surface area contributed by atoms with Gasteiger partial charge in [-0.25, -0.2) is 4.79 Å². The quantitative estimate of drug-likeness (QED) is 0.686. The van der Waals surface area contributed by atoms with E-state index in [1.165, 1.54) is 11.3 Å². The van der Waals surface area contributed by atoms with Crippen molar-refractivity contribution < 1.29 is 14.4 Å². The van der Waals surface area contributed by atoms with E-state index in [1.807, 2.05) is 32.0 Å². The number of nitrogens with zero attached hydrogens (tertiary/aromatic N) is 1. The normalized spacial score (nSPS) is 20.4. The van der Waals surface area contributed by atoms with E-state index in [4.69, 9.17) is 0 Å². The molecule has 5 nitrogen and oxygen atoms in total. The van der Waals surface area contributed by atoms with E-state index >= 15 is 0 Å². The standard InChI is InChI=1S/C18H18N2O3S/c1-11-9-14(12(2)24-11)15(21)10-20-16(22)18(3,19-17(20)23)13-7-5-4-6-8-13/h4-9H,10H2,1-3H3,(H,19,23)/t18-/m1/s1. The van der Waals surface area contributed by atoms with Gasteiger partial charge in [0.1, 0.15) is 5.54 Å². The number of thiophene rings is 1. The molecule has 1 saturated heterocycles. The summed E-state index contributed by atoms with van der Waals surface area (Å²) in [6.45, 7) is 5.20. The molecule has 0 saturated carbocycles. The van der Waals surface area contributed by atoms with E-state index in [1.54, 1.807) is 25.1 Å². The fourth-order valence-electron chi connectivity index (χ4n) is 2.94. The highest BCUT2D eigenvalue weighted by atomic mass is 32.1. The third kappa shape index (κ3) is 2.63. The van der Waals surface area contributed by atoms with Crippen LogP contribution in [0.1, 0.15) is 32.6 Å². The fourth-order valence-corrected chi connectivity index (χ4v) is 3.89. The maximum atomic E-state index is 12.8. The number of hydrogen-bond donors (Lipinski definition) is 1. The molecule has 124 valence electrons. The van der Waals surface area contributed by atoms with E-state index in [0.717, 1.165) is 14.7 Å². The number of urea groups is 1. The molecule has 1 aromatic heterocycles. The number of amides is 3. The van der Waals surface area contributed by atoms with Gasteiger partial charge in [-0.2, -0.15) is 0 Å². The zero-order valence-electron chi connectivity index (χ0n) is 13.8. The van der Waals surface area contributed by atoms with Gasteiger partial charge in [0.25, 0.3) is 5.91 Å². The maximum absolute atomic E-state index is 12.8. The van der Waals surface area contributed by atoms with E-state index in [-0.39, 0.29) is 12.3 Å². The minimum Gasteiger partial charge on any atom is -0.319 e. The first-order chi connectivity index (χ1) is 11.3. The molecule has 1 aliphatic rings. The van der Waals surface area contributed by atoms with Gasteiger partial charge in [-0.1, -0.05) is 30.3 Å². The summed E-state index contributed by atoms with van der Waals surface area (Å²) in [5, 5.41) is 2.71. The number of carbonyl (C=O) groups is 3. The van der Waals surface area contributed by atoms with Gasteiger partial charge in [-0.05, 0) is 32.4 Å². The minimum absolute atomic E-state index is 0.224. The van der Waals surface area contributed by atoms with E-state index in [2.05, 4.69) is 5.32 Å². The third-order valence-electron chi connectivity index (χ3n) is 4.27. The average Bonchev–Trinajstić information content (AvgIpc) is 3.00. The van der Waals surface area contributed by atoms with Crippen LogP contribution in [-0.4, -0.2) is 29.2 Å². The molecule has 3 amide bonds. The summed E-state index contributed by atoms with van der Waals surface area (Å²) in [6.07, 6.45) is 0. The van der Waals surface area contributed by atoms with Crippen LogP contribution in [0.5, 0.6) is 0 Å². The first kappa shape index (κ1) is 16.4. The van der Waals surface area contributed by atoms with Crippen LogP contribution in [-0.2, 0) is 10.3 Å². The lowest BCUT2D eigenvalue weighted by molar-refractivity contribution is -0.130. The Balaban J connectivity index is 1.85. The number of nitrogens with one attached hydrogen (secondary N) is 1. The van der Waals surface area contributed by atoms with E-state index < -0.39 is 17.5 Å². The lowest BCUT2D eigenvalue weighted by atomic mass is 9.92. The van der Waals surface area contributed by atoms with Crippen molar-refractivity contribution in [2.75, 3.05) is 6.54 Å². The molecule has 0 unspecified atom stereocenters. The molecule has 1 aliphatic heterocycles. The van der Waals surface area contributed by atoms with Crippen LogP contribution >= 0.6 is 11.3 Å².